The first-order chi connectivity index (χ1) is 11.9. The Balaban J connectivity index is 1.67. The first kappa shape index (κ1) is 17.0. The van der Waals surface area contributed by atoms with Gasteiger partial charge in [0.1, 0.15) is 12.3 Å². The minimum Gasteiger partial charge on any atom is -0.460 e. The molecule has 1 unspecified atom stereocenters. The van der Waals surface area contributed by atoms with Gasteiger partial charge < -0.3 is 24.1 Å². The van der Waals surface area contributed by atoms with Gasteiger partial charge in [0.2, 0.25) is 6.79 Å². The number of Topliss-reactive ketones (excluding diaryl/α,β-unsaturated/α-hetero) is 1. The van der Waals surface area contributed by atoms with Gasteiger partial charge in [-0.3, -0.25) is 9.59 Å². The summed E-state index contributed by atoms with van der Waals surface area (Å²) >= 11 is 0. The predicted octanol–water partition coefficient (Wildman–Crippen LogP) is 1.17. The molecule has 0 spiro atoms. The molecule has 0 radical (unpaired) electrons. The summed E-state index contributed by atoms with van der Waals surface area (Å²) in [4.78, 5) is 25.2. The molecule has 2 N–H and O–H groups in total. The average Bonchev–Trinajstić information content (AvgIpc) is 3.14. The van der Waals surface area contributed by atoms with E-state index in [2.05, 4.69) is 5.32 Å². The predicted molar refractivity (Wildman–Crippen MR) is 90.1 cm³/mol. The maximum absolute atomic E-state index is 12.3. The number of furan rings is 1. The van der Waals surface area contributed by atoms with Gasteiger partial charge in [-0.25, -0.2) is 0 Å². The van der Waals surface area contributed by atoms with Crippen molar-refractivity contribution < 1.29 is 28.4 Å². The van der Waals surface area contributed by atoms with Crippen LogP contribution < -0.4 is 19.7 Å². The number of ketones is 1. The second kappa shape index (κ2) is 6.98. The molecule has 132 valence electrons. The average molecular weight is 345 g/mol. The number of hydrogen-bond acceptors (Lipinski definition) is 5. The number of carbonyl (C=O) groups is 2. The van der Waals surface area contributed by atoms with Crippen molar-refractivity contribution in [1.82, 2.24) is 0 Å². The number of quaternary nitrogens is 1. The molecule has 1 aliphatic rings. The summed E-state index contributed by atoms with van der Waals surface area (Å²) in [6, 6.07) is 7.03. The van der Waals surface area contributed by atoms with Crippen LogP contribution in [-0.4, -0.2) is 32.1 Å². The lowest BCUT2D eigenvalue weighted by Gasteiger charge is -2.14. The van der Waals surface area contributed by atoms with Crippen LogP contribution in [0.15, 0.2) is 28.7 Å². The fraction of sp³-hybridized carbons (Fsp3) is 0.333. The largest absolute Gasteiger partial charge is 0.460 e. The number of rotatable bonds is 6. The molecule has 7 heteroatoms. The number of likely N-dealkylation sites (N-methyl/N-ethyl adjacent to an activating group) is 1. The molecule has 25 heavy (non-hydrogen) atoms. The fourth-order valence-electron chi connectivity index (χ4n) is 2.75. The lowest BCUT2D eigenvalue weighted by molar-refractivity contribution is -0.886. The Morgan fingerprint density at radius 1 is 1.20 bits per heavy atom. The monoisotopic (exact) mass is 345 g/mol. The van der Waals surface area contributed by atoms with Crippen LogP contribution in [0, 0.1) is 6.92 Å². The first-order valence-electron chi connectivity index (χ1n) is 8.03. The summed E-state index contributed by atoms with van der Waals surface area (Å²) in [5.41, 5.74) is 0.834. The molecule has 1 aromatic carbocycles. The topological polar surface area (TPSA) is 82.2 Å². The molecule has 7 nitrogen and oxygen atoms in total. The van der Waals surface area contributed by atoms with E-state index in [4.69, 9.17) is 13.9 Å². The number of anilines is 1. The van der Waals surface area contributed by atoms with E-state index in [0.29, 0.717) is 29.3 Å². The van der Waals surface area contributed by atoms with Crippen molar-refractivity contribution in [3.05, 3.63) is 41.3 Å². The van der Waals surface area contributed by atoms with Gasteiger partial charge in [0.05, 0.1) is 12.7 Å². The second-order valence-corrected chi connectivity index (χ2v) is 6.18. The van der Waals surface area contributed by atoms with Crippen LogP contribution in [0.5, 0.6) is 11.5 Å². The molecule has 0 fully saturated rings. The number of amides is 1. The Morgan fingerprint density at radius 2 is 1.92 bits per heavy atom. The third kappa shape index (κ3) is 4.00. The highest BCUT2D eigenvalue weighted by Crippen LogP contribution is 2.37. The van der Waals surface area contributed by atoms with E-state index >= 15 is 0 Å². The molecule has 0 aliphatic carbocycles. The molecule has 1 atom stereocenters. The van der Waals surface area contributed by atoms with Crippen molar-refractivity contribution in [3.63, 3.8) is 0 Å². The van der Waals surface area contributed by atoms with Gasteiger partial charge in [0.15, 0.2) is 29.6 Å². The summed E-state index contributed by atoms with van der Waals surface area (Å²) in [5.74, 6) is 2.36. The van der Waals surface area contributed by atoms with Gasteiger partial charge in [-0.1, -0.05) is 0 Å². The smallest absolute Gasteiger partial charge is 0.279 e. The van der Waals surface area contributed by atoms with Gasteiger partial charge >= 0.3 is 0 Å². The van der Waals surface area contributed by atoms with Crippen LogP contribution in [0.4, 0.5) is 5.69 Å². The first-order valence-corrected chi connectivity index (χ1v) is 8.03. The van der Waals surface area contributed by atoms with Gasteiger partial charge in [-0.2, -0.15) is 0 Å². The molecular formula is C18H21N2O5+. The summed E-state index contributed by atoms with van der Waals surface area (Å²) in [6.45, 7) is 4.28. The SMILES string of the molecule is CC(=O)c1cc2c(cc1NC(=O)C[NH+](C)Cc1ccc(C)o1)OCO2. The van der Waals surface area contributed by atoms with Crippen molar-refractivity contribution in [2.75, 3.05) is 25.7 Å². The van der Waals surface area contributed by atoms with Crippen LogP contribution in [0.3, 0.4) is 0 Å². The Kier molecular flexibility index (Phi) is 4.76. The second-order valence-electron chi connectivity index (χ2n) is 6.18. The minimum atomic E-state index is -0.192. The fourth-order valence-corrected chi connectivity index (χ4v) is 2.75. The van der Waals surface area contributed by atoms with E-state index in [1.165, 1.54) is 6.92 Å². The maximum atomic E-state index is 12.3. The molecule has 1 amide bonds. The number of aryl methyl sites for hydroxylation is 1. The minimum absolute atomic E-state index is 0.111. The Labute approximate surface area is 145 Å². The van der Waals surface area contributed by atoms with E-state index in [0.717, 1.165) is 16.4 Å². The van der Waals surface area contributed by atoms with E-state index in [-0.39, 0.29) is 25.0 Å². The van der Waals surface area contributed by atoms with E-state index in [9.17, 15) is 9.59 Å². The van der Waals surface area contributed by atoms with E-state index in [1.54, 1.807) is 12.1 Å². The molecular weight excluding hydrogens is 324 g/mol. The third-order valence-corrected chi connectivity index (χ3v) is 3.90. The van der Waals surface area contributed by atoms with Gasteiger partial charge in [0, 0.05) is 11.6 Å². The zero-order valence-electron chi connectivity index (χ0n) is 14.5. The lowest BCUT2D eigenvalue weighted by Crippen LogP contribution is -3.08. The number of nitrogens with one attached hydrogen (secondary N) is 2. The lowest BCUT2D eigenvalue weighted by atomic mass is 10.1. The van der Waals surface area contributed by atoms with Crippen molar-refractivity contribution in [3.8, 4) is 11.5 Å². The number of carbonyl (C=O) groups excluding carboxylic acids is 2. The van der Waals surface area contributed by atoms with Gasteiger partial charge in [0.25, 0.3) is 5.91 Å². The van der Waals surface area contributed by atoms with E-state index < -0.39 is 0 Å². The van der Waals surface area contributed by atoms with E-state index in [1.807, 2.05) is 26.1 Å². The van der Waals surface area contributed by atoms with Crippen molar-refractivity contribution in [2.24, 2.45) is 0 Å². The van der Waals surface area contributed by atoms with Crippen molar-refractivity contribution in [2.45, 2.75) is 20.4 Å². The summed E-state index contributed by atoms with van der Waals surface area (Å²) in [7, 11) is 1.91. The third-order valence-electron chi connectivity index (χ3n) is 3.90. The molecule has 1 aromatic heterocycles. The number of fused-ring (bicyclic) bond motifs is 1. The van der Waals surface area contributed by atoms with Crippen LogP contribution in [0.2, 0.25) is 0 Å². The maximum Gasteiger partial charge on any atom is 0.279 e. The Hall–Kier alpha value is -2.80. The van der Waals surface area contributed by atoms with Crippen LogP contribution >= 0.6 is 0 Å². The molecule has 2 heterocycles. The van der Waals surface area contributed by atoms with Crippen LogP contribution in [0.1, 0.15) is 28.8 Å². The zero-order valence-corrected chi connectivity index (χ0v) is 14.5. The quantitative estimate of drug-likeness (QED) is 0.768. The number of hydrogen-bond donors (Lipinski definition) is 2. The van der Waals surface area contributed by atoms with Crippen LogP contribution in [-0.2, 0) is 11.3 Å². The molecule has 0 saturated heterocycles. The molecule has 1 aliphatic heterocycles. The van der Waals surface area contributed by atoms with Gasteiger partial charge in [-0.15, -0.1) is 0 Å². The Bertz CT molecular complexity index is 812. The summed E-state index contributed by atoms with van der Waals surface area (Å²) in [6.07, 6.45) is 0. The van der Waals surface area contributed by atoms with Crippen molar-refractivity contribution >= 4 is 17.4 Å². The molecule has 2 aromatic rings. The highest BCUT2D eigenvalue weighted by atomic mass is 16.7. The molecule has 0 bridgehead atoms. The number of benzene rings is 1. The highest BCUT2D eigenvalue weighted by Gasteiger charge is 2.21. The highest BCUT2D eigenvalue weighted by molar-refractivity contribution is 6.04. The molecule has 3 rings (SSSR count). The van der Waals surface area contributed by atoms with Crippen LogP contribution in [0.25, 0.3) is 0 Å². The van der Waals surface area contributed by atoms with Crippen molar-refractivity contribution in [1.29, 1.82) is 0 Å². The summed E-state index contributed by atoms with van der Waals surface area (Å²) < 4.78 is 16.1. The standard InChI is InChI=1S/C18H20N2O5/c1-11-4-5-13(25-11)8-20(3)9-18(22)19-15-7-17-16(23-10-24-17)6-14(15)12(2)21/h4-7H,8-10H2,1-3H3,(H,19,22)/p+1. The summed E-state index contributed by atoms with van der Waals surface area (Å²) in [5, 5.41) is 2.80. The molecule has 0 saturated carbocycles. The normalized spacial score (nSPS) is 13.6. The zero-order chi connectivity index (χ0) is 18.0. The number of ether oxygens (including phenoxy) is 2. The van der Waals surface area contributed by atoms with Gasteiger partial charge in [-0.05, 0) is 32.0 Å². The Morgan fingerprint density at radius 3 is 2.56 bits per heavy atom.